The average molecular weight is 382 g/mol. The van der Waals surface area contributed by atoms with Gasteiger partial charge >= 0.3 is 0 Å². The molecule has 0 fully saturated rings. The van der Waals surface area contributed by atoms with Gasteiger partial charge in [-0.05, 0) is 63.5 Å². The third kappa shape index (κ3) is 13.9. The number of phenols is 1. The molecule has 0 aliphatic heterocycles. The Labute approximate surface area is 172 Å². The molecule has 0 saturated heterocycles. The van der Waals surface area contributed by atoms with Gasteiger partial charge in [0.25, 0.3) is 0 Å². The molecule has 0 heterocycles. The van der Waals surface area contributed by atoms with Gasteiger partial charge in [0.15, 0.2) is 0 Å². The van der Waals surface area contributed by atoms with Crippen molar-refractivity contribution in [2.45, 2.75) is 71.1 Å². The normalized spacial score (nSPS) is 12.2. The molecule has 0 aromatic heterocycles. The summed E-state index contributed by atoms with van der Waals surface area (Å²) in [6.07, 6.45) is 29.7. The molecule has 0 atom stereocenters. The second-order valence-corrected chi connectivity index (χ2v) is 7.03. The highest BCUT2D eigenvalue weighted by Gasteiger charge is 1.96. The van der Waals surface area contributed by atoms with E-state index in [4.69, 9.17) is 0 Å². The predicted octanol–water partition coefficient (Wildman–Crippen LogP) is 7.95. The minimum absolute atomic E-state index is 0.322. The van der Waals surface area contributed by atoms with E-state index < -0.39 is 0 Å². The number of aromatic hydroxyl groups is 1. The summed E-state index contributed by atoms with van der Waals surface area (Å²) in [7, 11) is 0. The Hall–Kier alpha value is -2.22. The largest absolute Gasteiger partial charge is 0.506 e. The summed E-state index contributed by atoms with van der Waals surface area (Å²) in [6, 6.07) is 7.38. The smallest absolute Gasteiger partial charge is 0.138 e. The minimum Gasteiger partial charge on any atom is -0.506 e. The topological polar surface area (TPSA) is 32.3 Å². The third-order valence-electron chi connectivity index (χ3n) is 4.47. The maximum absolute atomic E-state index is 9.67. The van der Waals surface area contributed by atoms with Crippen LogP contribution < -0.4 is 5.32 Å². The molecule has 2 nitrogen and oxygen atoms in total. The molecular weight excluding hydrogens is 342 g/mol. The van der Waals surface area contributed by atoms with Crippen LogP contribution in [0.4, 0.5) is 5.69 Å². The van der Waals surface area contributed by atoms with Gasteiger partial charge < -0.3 is 10.4 Å². The van der Waals surface area contributed by atoms with Gasteiger partial charge in [0.2, 0.25) is 0 Å². The van der Waals surface area contributed by atoms with Crippen molar-refractivity contribution in [3.8, 4) is 5.75 Å². The quantitative estimate of drug-likeness (QED) is 0.173. The molecule has 1 aromatic rings. The molecule has 0 radical (unpaired) electrons. The first-order valence-corrected chi connectivity index (χ1v) is 11.0. The van der Waals surface area contributed by atoms with Crippen molar-refractivity contribution in [1.29, 1.82) is 0 Å². The lowest BCUT2D eigenvalue weighted by molar-refractivity contribution is 0.477. The monoisotopic (exact) mass is 381 g/mol. The van der Waals surface area contributed by atoms with Crippen LogP contribution in [0.1, 0.15) is 71.1 Å². The minimum atomic E-state index is 0.322. The van der Waals surface area contributed by atoms with E-state index in [1.165, 1.54) is 25.7 Å². The van der Waals surface area contributed by atoms with E-state index in [-0.39, 0.29) is 0 Å². The van der Waals surface area contributed by atoms with E-state index in [2.05, 4.69) is 60.8 Å². The van der Waals surface area contributed by atoms with Crippen LogP contribution in [-0.4, -0.2) is 11.7 Å². The van der Waals surface area contributed by atoms with Crippen molar-refractivity contribution < 1.29 is 5.11 Å². The molecule has 0 spiro atoms. The SMILES string of the molecule is CCCCC/C=C\C/C=C\C/C=C\C/C=C\CCCCNc1ccccc1O. The summed E-state index contributed by atoms with van der Waals surface area (Å²) in [6.45, 7) is 3.14. The zero-order valence-electron chi connectivity index (χ0n) is 17.7. The Kier molecular flexibility index (Phi) is 15.4. The zero-order chi connectivity index (χ0) is 20.1. The maximum Gasteiger partial charge on any atom is 0.138 e. The summed E-state index contributed by atoms with van der Waals surface area (Å²) in [5, 5.41) is 12.9. The van der Waals surface area contributed by atoms with Crippen LogP contribution in [0.5, 0.6) is 5.75 Å². The van der Waals surface area contributed by atoms with Gasteiger partial charge in [0, 0.05) is 6.54 Å². The third-order valence-corrected chi connectivity index (χ3v) is 4.47. The summed E-state index contributed by atoms with van der Waals surface area (Å²) < 4.78 is 0. The molecule has 0 saturated carbocycles. The highest BCUT2D eigenvalue weighted by Crippen LogP contribution is 2.21. The van der Waals surface area contributed by atoms with E-state index in [0.29, 0.717) is 5.75 Å². The van der Waals surface area contributed by atoms with E-state index in [0.717, 1.165) is 50.8 Å². The molecule has 0 amide bonds. The van der Waals surface area contributed by atoms with Crippen LogP contribution in [0.3, 0.4) is 0 Å². The molecule has 0 aliphatic carbocycles. The fourth-order valence-electron chi connectivity index (χ4n) is 2.79. The van der Waals surface area contributed by atoms with E-state index >= 15 is 0 Å². The first kappa shape index (κ1) is 23.8. The van der Waals surface area contributed by atoms with Crippen LogP contribution in [-0.2, 0) is 0 Å². The lowest BCUT2D eigenvalue weighted by atomic mass is 10.2. The lowest BCUT2D eigenvalue weighted by Crippen LogP contribution is -2.01. The fraction of sp³-hybridized carbons (Fsp3) is 0.462. The number of para-hydroxylation sites is 2. The number of unbranched alkanes of at least 4 members (excludes halogenated alkanes) is 5. The van der Waals surface area contributed by atoms with Crippen LogP contribution in [0, 0.1) is 0 Å². The van der Waals surface area contributed by atoms with Gasteiger partial charge in [-0.3, -0.25) is 0 Å². The molecule has 0 aliphatic rings. The average Bonchev–Trinajstić information content (AvgIpc) is 2.71. The number of benzene rings is 1. The Morgan fingerprint density at radius 3 is 1.82 bits per heavy atom. The van der Waals surface area contributed by atoms with Crippen molar-refractivity contribution >= 4 is 5.69 Å². The molecule has 1 aromatic carbocycles. The summed E-state index contributed by atoms with van der Waals surface area (Å²) in [4.78, 5) is 0. The number of hydrogen-bond acceptors (Lipinski definition) is 2. The summed E-state index contributed by atoms with van der Waals surface area (Å²) in [5.41, 5.74) is 0.820. The van der Waals surface area contributed by atoms with Gasteiger partial charge in [-0.2, -0.15) is 0 Å². The van der Waals surface area contributed by atoms with E-state index in [1.807, 2.05) is 18.2 Å². The van der Waals surface area contributed by atoms with Gasteiger partial charge in [-0.15, -0.1) is 0 Å². The Morgan fingerprint density at radius 1 is 0.714 bits per heavy atom. The predicted molar refractivity (Wildman–Crippen MR) is 125 cm³/mol. The summed E-state index contributed by atoms with van der Waals surface area (Å²) >= 11 is 0. The number of nitrogens with one attached hydrogen (secondary N) is 1. The van der Waals surface area contributed by atoms with Crippen LogP contribution in [0.2, 0.25) is 0 Å². The van der Waals surface area contributed by atoms with Crippen LogP contribution >= 0.6 is 0 Å². The Balaban J connectivity index is 1.92. The molecule has 2 heteroatoms. The van der Waals surface area contributed by atoms with E-state index in [9.17, 15) is 5.11 Å². The van der Waals surface area contributed by atoms with E-state index in [1.54, 1.807) is 6.07 Å². The first-order valence-electron chi connectivity index (χ1n) is 11.0. The van der Waals surface area contributed by atoms with Crippen molar-refractivity contribution in [3.63, 3.8) is 0 Å². The highest BCUT2D eigenvalue weighted by molar-refractivity contribution is 5.54. The van der Waals surface area contributed by atoms with Crippen LogP contribution in [0.15, 0.2) is 72.9 Å². The molecule has 2 N–H and O–H groups in total. The standard InChI is InChI=1S/C26H39NO/c1-2-3-4-5-6-7-8-9-10-11-12-13-14-15-16-17-18-21-24-27-25-22-19-20-23-26(25)28/h6-7,9-10,12-13,15-16,19-20,22-23,27-28H,2-5,8,11,14,17-18,21,24H2,1H3/b7-6-,10-9-,13-12-,16-15-. The highest BCUT2D eigenvalue weighted by atomic mass is 16.3. The molecule has 28 heavy (non-hydrogen) atoms. The number of allylic oxidation sites excluding steroid dienone is 8. The Morgan fingerprint density at radius 2 is 1.25 bits per heavy atom. The molecule has 154 valence electrons. The number of rotatable bonds is 16. The maximum atomic E-state index is 9.67. The molecule has 1 rings (SSSR count). The number of hydrogen-bond donors (Lipinski definition) is 2. The fourth-order valence-corrected chi connectivity index (χ4v) is 2.79. The molecule has 0 bridgehead atoms. The van der Waals surface area contributed by atoms with Crippen molar-refractivity contribution in [2.75, 3.05) is 11.9 Å². The molecule has 0 unspecified atom stereocenters. The van der Waals surface area contributed by atoms with Gasteiger partial charge in [-0.25, -0.2) is 0 Å². The van der Waals surface area contributed by atoms with Gasteiger partial charge in [0.1, 0.15) is 5.75 Å². The van der Waals surface area contributed by atoms with Gasteiger partial charge in [-0.1, -0.05) is 80.5 Å². The van der Waals surface area contributed by atoms with Crippen molar-refractivity contribution in [1.82, 2.24) is 0 Å². The van der Waals surface area contributed by atoms with Gasteiger partial charge in [0.05, 0.1) is 5.69 Å². The second-order valence-electron chi connectivity index (χ2n) is 7.03. The zero-order valence-corrected chi connectivity index (χ0v) is 17.7. The number of phenolic OH excluding ortho intramolecular Hbond substituents is 1. The Bertz CT molecular complexity index is 598. The lowest BCUT2D eigenvalue weighted by Gasteiger charge is -2.07. The second kappa shape index (κ2) is 18.2. The summed E-state index contributed by atoms with van der Waals surface area (Å²) in [5.74, 6) is 0.322. The van der Waals surface area contributed by atoms with Crippen LogP contribution in [0.25, 0.3) is 0 Å². The van der Waals surface area contributed by atoms with Crippen molar-refractivity contribution in [3.05, 3.63) is 72.9 Å². The molecular formula is C26H39NO. The first-order chi connectivity index (χ1) is 13.8. The van der Waals surface area contributed by atoms with Crippen molar-refractivity contribution in [2.24, 2.45) is 0 Å². The number of anilines is 1.